The van der Waals surface area contributed by atoms with Gasteiger partial charge in [-0.3, -0.25) is 14.4 Å². The number of rotatable bonds is 5. The Morgan fingerprint density at radius 2 is 1.68 bits per heavy atom. The quantitative estimate of drug-likeness (QED) is 0.712. The Hall–Kier alpha value is -2.12. The van der Waals surface area contributed by atoms with E-state index in [2.05, 4.69) is 5.32 Å². The highest BCUT2D eigenvalue weighted by Gasteiger charge is 2.41. The minimum Gasteiger partial charge on any atom is -0.455 e. The molecule has 1 heterocycles. The van der Waals surface area contributed by atoms with Crippen LogP contribution in [0.4, 0.5) is 4.79 Å². The van der Waals surface area contributed by atoms with E-state index in [1.54, 1.807) is 11.8 Å². The van der Waals surface area contributed by atoms with Gasteiger partial charge in [0.05, 0.1) is 12.5 Å². The number of carbonyl (C=O) groups excluding carboxylic acids is 4. The third kappa shape index (κ3) is 5.02. The molecule has 3 aliphatic rings. The number of ether oxygens (including phenoxy) is 2. The summed E-state index contributed by atoms with van der Waals surface area (Å²) in [5, 5.41) is 2.87. The highest BCUT2D eigenvalue weighted by atomic mass is 16.6. The molecule has 156 valence electrons. The van der Waals surface area contributed by atoms with Crippen LogP contribution in [0.25, 0.3) is 0 Å². The van der Waals surface area contributed by atoms with Crippen LogP contribution in [0.3, 0.4) is 0 Å². The van der Waals surface area contributed by atoms with Crippen molar-refractivity contribution in [3.8, 4) is 0 Å². The maximum absolute atomic E-state index is 12.3. The molecular weight excluding hydrogens is 364 g/mol. The number of carbonyl (C=O) groups is 4. The zero-order valence-electron chi connectivity index (χ0n) is 16.5. The molecular formula is C20H30N2O6. The lowest BCUT2D eigenvalue weighted by Gasteiger charge is -2.36. The summed E-state index contributed by atoms with van der Waals surface area (Å²) in [4.78, 5) is 49.9. The number of likely N-dealkylation sites (tertiary alicyclic amines) is 1. The summed E-state index contributed by atoms with van der Waals surface area (Å²) >= 11 is 0. The fourth-order valence-electron chi connectivity index (χ4n) is 4.62. The molecule has 0 aromatic rings. The van der Waals surface area contributed by atoms with E-state index in [1.165, 1.54) is 0 Å². The molecule has 0 radical (unpaired) electrons. The molecule has 28 heavy (non-hydrogen) atoms. The van der Waals surface area contributed by atoms with Crippen LogP contribution in [0.2, 0.25) is 0 Å². The average Bonchev–Trinajstić information content (AvgIpc) is 2.66. The summed E-state index contributed by atoms with van der Waals surface area (Å²) in [5.41, 5.74) is 0. The normalized spacial score (nSPS) is 27.8. The molecule has 1 aliphatic heterocycles. The van der Waals surface area contributed by atoms with Gasteiger partial charge in [-0.15, -0.1) is 0 Å². The topological polar surface area (TPSA) is 102 Å². The summed E-state index contributed by atoms with van der Waals surface area (Å²) in [6.07, 6.45) is 4.87. The maximum Gasteiger partial charge on any atom is 0.409 e. The van der Waals surface area contributed by atoms with Crippen LogP contribution in [0.1, 0.15) is 51.9 Å². The highest BCUT2D eigenvalue weighted by molar-refractivity contribution is 5.88. The number of piperidine rings is 1. The number of hydrogen-bond acceptors (Lipinski definition) is 6. The number of hydrogen-bond donors (Lipinski definition) is 1. The van der Waals surface area contributed by atoms with Gasteiger partial charge in [0.15, 0.2) is 6.61 Å². The molecule has 2 atom stereocenters. The molecule has 1 saturated heterocycles. The van der Waals surface area contributed by atoms with Gasteiger partial charge < -0.3 is 19.7 Å². The Bertz CT molecular complexity index is 598. The van der Waals surface area contributed by atoms with Crippen LogP contribution < -0.4 is 5.32 Å². The predicted octanol–water partition coefficient (Wildman–Crippen LogP) is 1.66. The van der Waals surface area contributed by atoms with Gasteiger partial charge in [0, 0.05) is 31.0 Å². The van der Waals surface area contributed by atoms with Crippen LogP contribution >= 0.6 is 0 Å². The second kappa shape index (κ2) is 9.39. The lowest BCUT2D eigenvalue weighted by Crippen LogP contribution is -2.47. The van der Waals surface area contributed by atoms with Crippen molar-refractivity contribution < 1.29 is 28.7 Å². The van der Waals surface area contributed by atoms with Gasteiger partial charge in [0.25, 0.3) is 5.91 Å². The Labute approximate surface area is 165 Å². The summed E-state index contributed by atoms with van der Waals surface area (Å²) < 4.78 is 10.2. The zero-order valence-corrected chi connectivity index (χ0v) is 16.5. The third-order valence-electron chi connectivity index (χ3n) is 6.11. The fourth-order valence-corrected chi connectivity index (χ4v) is 4.62. The molecule has 1 N–H and O–H groups in total. The van der Waals surface area contributed by atoms with E-state index in [1.807, 2.05) is 0 Å². The van der Waals surface area contributed by atoms with Gasteiger partial charge in [-0.2, -0.15) is 0 Å². The number of fused-ring (bicyclic) bond motifs is 2. The van der Waals surface area contributed by atoms with Crippen LogP contribution in [0, 0.1) is 17.8 Å². The lowest BCUT2D eigenvalue weighted by atomic mass is 9.67. The molecule has 2 aliphatic carbocycles. The Morgan fingerprint density at radius 3 is 2.29 bits per heavy atom. The lowest BCUT2D eigenvalue weighted by molar-refractivity contribution is -0.156. The van der Waals surface area contributed by atoms with Crippen molar-refractivity contribution in [3.05, 3.63) is 0 Å². The molecule has 3 fully saturated rings. The number of nitrogens with one attached hydrogen (secondary N) is 1. The van der Waals surface area contributed by atoms with Crippen molar-refractivity contribution in [1.29, 1.82) is 0 Å². The van der Waals surface area contributed by atoms with E-state index in [0.29, 0.717) is 51.2 Å². The SMILES string of the molecule is CCOC(=O)N1CCC(NC(=O)COC(=O)C2CC3CCCC(C2)C3=O)CC1. The fraction of sp³-hybridized carbons (Fsp3) is 0.800. The summed E-state index contributed by atoms with van der Waals surface area (Å²) in [5.74, 6) is -0.672. The number of nitrogens with zero attached hydrogens (tertiary/aromatic N) is 1. The Kier molecular flexibility index (Phi) is 6.91. The molecule has 8 heteroatoms. The van der Waals surface area contributed by atoms with Crippen molar-refractivity contribution in [2.75, 3.05) is 26.3 Å². The first-order chi connectivity index (χ1) is 13.5. The van der Waals surface area contributed by atoms with E-state index >= 15 is 0 Å². The second-order valence-electron chi connectivity index (χ2n) is 8.03. The number of Topliss-reactive ketones (excluding diaryl/α,β-unsaturated/α-hetero) is 1. The van der Waals surface area contributed by atoms with Crippen LogP contribution in [0.5, 0.6) is 0 Å². The van der Waals surface area contributed by atoms with Gasteiger partial charge in [-0.1, -0.05) is 6.42 Å². The number of amides is 2. The van der Waals surface area contributed by atoms with E-state index in [4.69, 9.17) is 9.47 Å². The van der Waals surface area contributed by atoms with Crippen molar-refractivity contribution in [1.82, 2.24) is 10.2 Å². The van der Waals surface area contributed by atoms with E-state index in [9.17, 15) is 19.2 Å². The second-order valence-corrected chi connectivity index (χ2v) is 8.03. The van der Waals surface area contributed by atoms with Crippen LogP contribution in [0.15, 0.2) is 0 Å². The molecule has 2 amide bonds. The minimum absolute atomic E-state index is 0.0107. The van der Waals surface area contributed by atoms with E-state index < -0.39 is 0 Å². The number of esters is 1. The van der Waals surface area contributed by atoms with Gasteiger partial charge in [-0.05, 0) is 45.4 Å². The Balaban J connectivity index is 1.36. The largest absolute Gasteiger partial charge is 0.455 e. The van der Waals surface area contributed by atoms with Gasteiger partial charge in [0.1, 0.15) is 5.78 Å². The van der Waals surface area contributed by atoms with Gasteiger partial charge in [-0.25, -0.2) is 4.79 Å². The van der Waals surface area contributed by atoms with Crippen LogP contribution in [-0.2, 0) is 23.9 Å². The molecule has 2 saturated carbocycles. The Morgan fingerprint density at radius 1 is 1.04 bits per heavy atom. The van der Waals surface area contributed by atoms with E-state index in [-0.39, 0.29) is 48.4 Å². The first kappa shape index (κ1) is 20.6. The van der Waals surface area contributed by atoms with Crippen molar-refractivity contribution in [2.45, 2.75) is 57.9 Å². The van der Waals surface area contributed by atoms with E-state index in [0.717, 1.165) is 19.3 Å². The first-order valence-corrected chi connectivity index (χ1v) is 10.4. The average molecular weight is 394 g/mol. The predicted molar refractivity (Wildman–Crippen MR) is 99.3 cm³/mol. The molecule has 2 bridgehead atoms. The molecule has 0 aromatic heterocycles. The first-order valence-electron chi connectivity index (χ1n) is 10.4. The standard InChI is InChI=1S/C20H30N2O6/c1-2-27-20(26)22-8-6-16(7-9-22)21-17(23)12-28-19(25)15-10-13-4-3-5-14(11-15)18(13)24/h13-16H,2-12H2,1H3,(H,21,23). The number of ketones is 1. The zero-order chi connectivity index (χ0) is 20.1. The van der Waals surface area contributed by atoms with Gasteiger partial charge >= 0.3 is 12.1 Å². The van der Waals surface area contributed by atoms with Crippen molar-refractivity contribution >= 4 is 23.8 Å². The molecule has 8 nitrogen and oxygen atoms in total. The minimum atomic E-state index is -0.364. The van der Waals surface area contributed by atoms with Gasteiger partial charge in [0.2, 0.25) is 0 Å². The van der Waals surface area contributed by atoms with Crippen LogP contribution in [-0.4, -0.2) is 61.0 Å². The smallest absolute Gasteiger partial charge is 0.409 e. The monoisotopic (exact) mass is 394 g/mol. The van der Waals surface area contributed by atoms with Crippen molar-refractivity contribution in [2.24, 2.45) is 17.8 Å². The maximum atomic E-state index is 12.3. The molecule has 3 rings (SSSR count). The van der Waals surface area contributed by atoms with Crippen molar-refractivity contribution in [3.63, 3.8) is 0 Å². The summed E-state index contributed by atoms with van der Waals surface area (Å²) in [6.45, 7) is 2.88. The third-order valence-corrected chi connectivity index (χ3v) is 6.11. The highest BCUT2D eigenvalue weighted by Crippen LogP contribution is 2.40. The summed E-state index contributed by atoms with van der Waals surface area (Å²) in [6, 6.07) is -0.0384. The molecule has 2 unspecified atom stereocenters. The summed E-state index contributed by atoms with van der Waals surface area (Å²) in [7, 11) is 0. The molecule has 0 spiro atoms. The molecule has 0 aromatic carbocycles.